The van der Waals surface area contributed by atoms with Crippen LogP contribution in [-0.2, 0) is 9.47 Å². The largest absolute Gasteiger partial charge is 0.465 e. The Morgan fingerprint density at radius 2 is 1.86 bits per heavy atom. The van der Waals surface area contributed by atoms with E-state index >= 15 is 0 Å². The maximum Gasteiger partial charge on any atom is 0.407 e. The van der Waals surface area contributed by atoms with Crippen molar-refractivity contribution < 1.29 is 36.9 Å². The minimum Gasteiger partial charge on any atom is -0.465 e. The van der Waals surface area contributed by atoms with Gasteiger partial charge >= 0.3 is 19.3 Å². The maximum absolute atomic E-state index is 12.1. The topological polar surface area (TPSA) is 62.2 Å². The zero-order chi connectivity index (χ0) is 16.3. The number of rotatable bonds is 6. The van der Waals surface area contributed by atoms with Crippen LogP contribution in [0.3, 0.4) is 0 Å². The van der Waals surface area contributed by atoms with Gasteiger partial charge in [0.2, 0.25) is 0 Å². The molecule has 1 N–H and O–H groups in total. The number of carboxylic acid groups (broad SMARTS) is 1. The van der Waals surface area contributed by atoms with E-state index in [9.17, 15) is 22.4 Å². The van der Waals surface area contributed by atoms with E-state index in [1.807, 2.05) is 4.90 Å². The second-order valence-corrected chi connectivity index (χ2v) is 5.36. The fourth-order valence-electron chi connectivity index (χ4n) is 2.88. The normalized spacial score (nSPS) is 29.9. The number of ether oxygens (including phenoxy) is 2. The Hall–Kier alpha value is -1.13. The zero-order valence-electron chi connectivity index (χ0n) is 11.7. The summed E-state index contributed by atoms with van der Waals surface area (Å²) >= 11 is 0. The van der Waals surface area contributed by atoms with Crippen LogP contribution in [-0.4, -0.2) is 78.7 Å². The van der Waals surface area contributed by atoms with Crippen molar-refractivity contribution in [2.45, 2.75) is 44.3 Å². The van der Waals surface area contributed by atoms with E-state index in [4.69, 9.17) is 5.11 Å². The van der Waals surface area contributed by atoms with Gasteiger partial charge in [-0.2, -0.15) is 17.6 Å². The van der Waals surface area contributed by atoms with Crippen LogP contribution in [0.4, 0.5) is 22.4 Å². The van der Waals surface area contributed by atoms with Gasteiger partial charge in [0.25, 0.3) is 0 Å². The van der Waals surface area contributed by atoms with Gasteiger partial charge < -0.3 is 19.5 Å². The summed E-state index contributed by atoms with van der Waals surface area (Å²) < 4.78 is 57.0. The summed E-state index contributed by atoms with van der Waals surface area (Å²) in [7, 11) is 0. The number of hydrogen-bond acceptors (Lipinski definition) is 4. The fraction of sp³-hybridized carbons (Fsp3) is 0.917. The zero-order valence-corrected chi connectivity index (χ0v) is 11.7. The Kier molecular flexibility index (Phi) is 5.81. The highest BCUT2D eigenvalue weighted by molar-refractivity contribution is 5.65. The van der Waals surface area contributed by atoms with Crippen LogP contribution in [0.25, 0.3) is 0 Å². The molecule has 2 fully saturated rings. The van der Waals surface area contributed by atoms with Crippen molar-refractivity contribution in [2.75, 3.05) is 26.2 Å². The van der Waals surface area contributed by atoms with E-state index < -0.39 is 38.1 Å². The molecule has 1 saturated heterocycles. The molecule has 0 spiro atoms. The van der Waals surface area contributed by atoms with Crippen molar-refractivity contribution in [3.05, 3.63) is 0 Å². The van der Waals surface area contributed by atoms with Crippen molar-refractivity contribution in [1.82, 2.24) is 9.80 Å². The van der Waals surface area contributed by atoms with Gasteiger partial charge in [-0.15, -0.1) is 0 Å². The lowest BCUT2D eigenvalue weighted by Crippen LogP contribution is -2.61. The average molecular weight is 330 g/mol. The predicted molar refractivity (Wildman–Crippen MR) is 65.9 cm³/mol. The highest BCUT2D eigenvalue weighted by Crippen LogP contribution is 2.31. The molecule has 2 rings (SSSR count). The Morgan fingerprint density at radius 3 is 2.41 bits per heavy atom. The van der Waals surface area contributed by atoms with E-state index in [1.165, 1.54) is 0 Å². The quantitative estimate of drug-likeness (QED) is 0.751. The number of hydrogen-bond donors (Lipinski definition) is 1. The van der Waals surface area contributed by atoms with Crippen molar-refractivity contribution in [3.8, 4) is 0 Å². The van der Waals surface area contributed by atoms with Gasteiger partial charge in [0.1, 0.15) is 0 Å². The van der Waals surface area contributed by atoms with Crippen LogP contribution in [0, 0.1) is 0 Å². The Balaban J connectivity index is 1.84. The summed E-state index contributed by atoms with van der Waals surface area (Å²) in [6, 6.07) is -0.691. The highest BCUT2D eigenvalue weighted by Gasteiger charge is 2.40. The lowest BCUT2D eigenvalue weighted by Gasteiger charge is -2.48. The first-order chi connectivity index (χ1) is 10.4. The van der Waals surface area contributed by atoms with Crippen LogP contribution >= 0.6 is 0 Å². The molecule has 2 aliphatic rings. The molecular formula is C12H18F4N2O4. The van der Waals surface area contributed by atoms with Gasteiger partial charge in [0.05, 0.1) is 18.8 Å². The molecule has 0 aromatic carbocycles. The van der Waals surface area contributed by atoms with E-state index in [2.05, 4.69) is 9.47 Å². The van der Waals surface area contributed by atoms with Crippen molar-refractivity contribution in [3.63, 3.8) is 0 Å². The molecule has 1 amide bonds. The van der Waals surface area contributed by atoms with E-state index in [0.29, 0.717) is 19.4 Å². The minimum atomic E-state index is -2.96. The predicted octanol–water partition coefficient (Wildman–Crippen LogP) is 1.66. The van der Waals surface area contributed by atoms with E-state index in [1.54, 1.807) is 0 Å². The molecule has 10 heteroatoms. The summed E-state index contributed by atoms with van der Waals surface area (Å²) in [5.41, 5.74) is 0. The molecule has 1 aliphatic heterocycles. The van der Waals surface area contributed by atoms with Crippen LogP contribution < -0.4 is 0 Å². The second-order valence-electron chi connectivity index (χ2n) is 5.36. The monoisotopic (exact) mass is 330 g/mol. The van der Waals surface area contributed by atoms with Crippen LogP contribution in [0.5, 0.6) is 0 Å². The first-order valence-corrected chi connectivity index (χ1v) is 6.93. The van der Waals surface area contributed by atoms with Crippen molar-refractivity contribution in [1.29, 1.82) is 0 Å². The molecule has 0 aromatic rings. The maximum atomic E-state index is 12.1. The highest BCUT2D eigenvalue weighted by atomic mass is 19.3. The third kappa shape index (κ3) is 4.43. The summed E-state index contributed by atoms with van der Waals surface area (Å²) in [5, 5.41) is 9.07. The van der Waals surface area contributed by atoms with Crippen LogP contribution in [0.2, 0.25) is 0 Å². The summed E-state index contributed by atoms with van der Waals surface area (Å²) in [6.45, 7) is -5.32. The van der Waals surface area contributed by atoms with Gasteiger partial charge in [0, 0.05) is 25.7 Å². The fourth-order valence-corrected chi connectivity index (χ4v) is 2.88. The van der Waals surface area contributed by atoms with Crippen molar-refractivity contribution in [2.24, 2.45) is 0 Å². The Labute approximate surface area is 124 Å². The number of alkyl halides is 4. The molecule has 0 aromatic heterocycles. The molecule has 1 unspecified atom stereocenters. The molecule has 0 radical (unpaired) electrons. The van der Waals surface area contributed by atoms with Gasteiger partial charge in [-0.1, -0.05) is 0 Å². The van der Waals surface area contributed by atoms with E-state index in [0.717, 1.165) is 4.90 Å². The third-order valence-corrected chi connectivity index (χ3v) is 4.06. The van der Waals surface area contributed by atoms with E-state index in [-0.39, 0.29) is 19.1 Å². The molecule has 1 atom stereocenters. The molecule has 6 nitrogen and oxygen atoms in total. The molecule has 1 aliphatic carbocycles. The average Bonchev–Trinajstić information content (AvgIpc) is 2.39. The minimum absolute atomic E-state index is 0.00810. The number of piperazine rings is 1. The lowest BCUT2D eigenvalue weighted by molar-refractivity contribution is -0.196. The molecule has 1 heterocycles. The summed E-state index contributed by atoms with van der Waals surface area (Å²) in [6.07, 6.45) is -0.826. The first kappa shape index (κ1) is 17.2. The second kappa shape index (κ2) is 7.42. The van der Waals surface area contributed by atoms with Gasteiger partial charge in [-0.05, 0) is 12.8 Å². The number of amides is 1. The molecule has 128 valence electrons. The molecule has 22 heavy (non-hydrogen) atoms. The van der Waals surface area contributed by atoms with Gasteiger partial charge in [-0.3, -0.25) is 4.90 Å². The van der Waals surface area contributed by atoms with Crippen LogP contribution in [0.15, 0.2) is 0 Å². The first-order valence-electron chi connectivity index (χ1n) is 6.93. The molecule has 1 saturated carbocycles. The number of halogens is 4. The Morgan fingerprint density at radius 1 is 1.18 bits per heavy atom. The van der Waals surface area contributed by atoms with Gasteiger partial charge in [0.15, 0.2) is 0 Å². The van der Waals surface area contributed by atoms with Crippen LogP contribution in [0.1, 0.15) is 12.8 Å². The molecule has 0 bridgehead atoms. The molecular weight excluding hydrogens is 312 g/mol. The standard InChI is InChI=1S/C12H18F4N2O4/c13-10(14)21-6-8-5-17(1-2-18(8)12(19)20)7-3-9(4-7)22-11(15)16/h7-11H,1-6H2,(H,19,20). The SMILES string of the molecule is O=C(O)N1CCN(C2CC(OC(F)F)C2)CC1COC(F)F. The smallest absolute Gasteiger partial charge is 0.407 e. The number of carbonyl (C=O) groups is 1. The Bertz CT molecular complexity index is 382. The lowest BCUT2D eigenvalue weighted by atomic mass is 9.87. The van der Waals surface area contributed by atoms with Gasteiger partial charge in [-0.25, -0.2) is 4.79 Å². The summed E-state index contributed by atoms with van der Waals surface area (Å²) in [5.74, 6) is 0. The third-order valence-electron chi connectivity index (χ3n) is 4.06. The van der Waals surface area contributed by atoms with Crippen molar-refractivity contribution >= 4 is 6.09 Å². The number of nitrogens with zero attached hydrogens (tertiary/aromatic N) is 2. The summed E-state index contributed by atoms with van der Waals surface area (Å²) in [4.78, 5) is 14.1.